The van der Waals surface area contributed by atoms with Gasteiger partial charge in [-0.05, 0) is 30.7 Å². The largest absolute Gasteiger partial charge is 0.356 e. The number of hydrogen-bond donors (Lipinski definition) is 1. The number of hydrogen-bond acceptors (Lipinski definition) is 3. The molecule has 5 heteroatoms. The summed E-state index contributed by atoms with van der Waals surface area (Å²) in [7, 11) is 0. The van der Waals surface area contributed by atoms with Crippen molar-refractivity contribution in [2.75, 3.05) is 19.6 Å². The molecular formula is C19H28N2O2S. The fourth-order valence-corrected chi connectivity index (χ4v) is 5.01. The molecule has 1 saturated heterocycles. The van der Waals surface area contributed by atoms with Crippen molar-refractivity contribution in [3.63, 3.8) is 0 Å². The molecule has 132 valence electrons. The van der Waals surface area contributed by atoms with Gasteiger partial charge in [-0.25, -0.2) is 0 Å². The number of carbonyl (C=O) groups excluding carboxylic acids is 2. The molecule has 2 aliphatic rings. The molecule has 1 aliphatic heterocycles. The van der Waals surface area contributed by atoms with E-state index in [0.29, 0.717) is 6.54 Å². The number of rotatable bonds is 5. The Kier molecular flexibility index (Phi) is 5.59. The Balaban J connectivity index is 1.74. The second-order valence-electron chi connectivity index (χ2n) is 7.28. The first-order chi connectivity index (χ1) is 11.7. The highest BCUT2D eigenvalue weighted by atomic mass is 32.1. The lowest BCUT2D eigenvalue weighted by molar-refractivity contribution is -0.128. The Morgan fingerprint density at radius 2 is 2.12 bits per heavy atom. The predicted molar refractivity (Wildman–Crippen MR) is 97.1 cm³/mol. The average Bonchev–Trinajstić information content (AvgIpc) is 3.24. The van der Waals surface area contributed by atoms with Gasteiger partial charge in [0.15, 0.2) is 0 Å². The molecule has 1 aliphatic carbocycles. The Labute approximate surface area is 148 Å². The van der Waals surface area contributed by atoms with E-state index in [-0.39, 0.29) is 23.1 Å². The summed E-state index contributed by atoms with van der Waals surface area (Å²) < 4.78 is 0. The van der Waals surface area contributed by atoms with Gasteiger partial charge in [0.05, 0.1) is 10.8 Å². The molecule has 2 fully saturated rings. The van der Waals surface area contributed by atoms with Crippen molar-refractivity contribution in [3.8, 4) is 0 Å². The number of unbranched alkanes of at least 4 members (excludes halogenated alkanes) is 1. The van der Waals surface area contributed by atoms with Crippen molar-refractivity contribution >= 4 is 23.2 Å². The minimum atomic E-state index is -0.0430. The van der Waals surface area contributed by atoms with Crippen molar-refractivity contribution < 1.29 is 9.59 Å². The molecule has 3 rings (SSSR count). The van der Waals surface area contributed by atoms with Gasteiger partial charge in [-0.15, -0.1) is 11.3 Å². The first-order valence-corrected chi connectivity index (χ1v) is 10.1. The Morgan fingerprint density at radius 1 is 1.33 bits per heavy atom. The van der Waals surface area contributed by atoms with Crippen LogP contribution in [0.3, 0.4) is 0 Å². The standard InChI is InChI=1S/C19H28N2O2S/c1-2-3-11-20-17(22)15-13-21(18(23)16-8-7-12-24-16)14-19(15)9-5-4-6-10-19/h7-8,12,15H,2-6,9-11,13-14H2,1H3,(H,20,22)/t15-/m1/s1. The molecule has 1 atom stereocenters. The maximum Gasteiger partial charge on any atom is 0.263 e. The van der Waals surface area contributed by atoms with Crippen molar-refractivity contribution in [1.82, 2.24) is 10.2 Å². The van der Waals surface area contributed by atoms with E-state index in [0.717, 1.165) is 43.6 Å². The van der Waals surface area contributed by atoms with E-state index in [2.05, 4.69) is 12.2 Å². The number of carbonyl (C=O) groups is 2. The zero-order chi connectivity index (χ0) is 17.0. The van der Waals surface area contributed by atoms with Gasteiger partial charge in [0.2, 0.25) is 5.91 Å². The van der Waals surface area contributed by atoms with Crippen LogP contribution >= 0.6 is 11.3 Å². The normalized spacial score (nSPS) is 22.7. The fourth-order valence-electron chi connectivity index (χ4n) is 4.31. The molecule has 2 heterocycles. The van der Waals surface area contributed by atoms with Crippen LogP contribution in [0.2, 0.25) is 0 Å². The Bertz CT molecular complexity index is 564. The van der Waals surface area contributed by atoms with Gasteiger partial charge < -0.3 is 10.2 Å². The second-order valence-corrected chi connectivity index (χ2v) is 8.23. The molecule has 24 heavy (non-hydrogen) atoms. The van der Waals surface area contributed by atoms with Crippen LogP contribution in [-0.4, -0.2) is 36.3 Å². The van der Waals surface area contributed by atoms with E-state index in [4.69, 9.17) is 0 Å². The molecule has 0 unspecified atom stereocenters. The summed E-state index contributed by atoms with van der Waals surface area (Å²) in [5.41, 5.74) is 0.00146. The summed E-state index contributed by atoms with van der Waals surface area (Å²) in [5.74, 6) is 0.212. The number of nitrogens with zero attached hydrogens (tertiary/aromatic N) is 1. The third kappa shape index (κ3) is 3.51. The smallest absolute Gasteiger partial charge is 0.263 e. The van der Waals surface area contributed by atoms with E-state index < -0.39 is 0 Å². The van der Waals surface area contributed by atoms with Crippen LogP contribution in [-0.2, 0) is 4.79 Å². The van der Waals surface area contributed by atoms with Crippen LogP contribution in [0.15, 0.2) is 17.5 Å². The molecule has 1 aromatic heterocycles. The molecule has 1 aromatic rings. The SMILES string of the molecule is CCCCNC(=O)[C@H]1CN(C(=O)c2cccs2)CC12CCCCC2. The van der Waals surface area contributed by atoms with Crippen LogP contribution in [0, 0.1) is 11.3 Å². The van der Waals surface area contributed by atoms with Crippen molar-refractivity contribution in [2.24, 2.45) is 11.3 Å². The first-order valence-electron chi connectivity index (χ1n) is 9.27. The van der Waals surface area contributed by atoms with E-state index >= 15 is 0 Å². The minimum absolute atomic E-state index is 0.00146. The highest BCUT2D eigenvalue weighted by Gasteiger charge is 2.51. The van der Waals surface area contributed by atoms with E-state index in [1.54, 1.807) is 0 Å². The van der Waals surface area contributed by atoms with E-state index in [1.807, 2.05) is 22.4 Å². The third-order valence-corrected chi connectivity index (χ3v) is 6.52. The number of thiophene rings is 1. The topological polar surface area (TPSA) is 49.4 Å². The van der Waals surface area contributed by atoms with Crippen LogP contribution in [0.4, 0.5) is 0 Å². The highest BCUT2D eigenvalue weighted by molar-refractivity contribution is 7.12. The van der Waals surface area contributed by atoms with Gasteiger partial charge in [0.25, 0.3) is 5.91 Å². The lowest BCUT2D eigenvalue weighted by Crippen LogP contribution is -2.42. The van der Waals surface area contributed by atoms with Crippen LogP contribution in [0.25, 0.3) is 0 Å². The van der Waals surface area contributed by atoms with E-state index in [1.165, 1.54) is 30.6 Å². The van der Waals surface area contributed by atoms with Crippen LogP contribution in [0.1, 0.15) is 61.5 Å². The number of nitrogens with one attached hydrogen (secondary N) is 1. The van der Waals surface area contributed by atoms with Gasteiger partial charge in [0.1, 0.15) is 0 Å². The molecule has 2 amide bonds. The number of amides is 2. The first kappa shape index (κ1) is 17.5. The minimum Gasteiger partial charge on any atom is -0.356 e. The lowest BCUT2D eigenvalue weighted by atomic mass is 9.67. The summed E-state index contributed by atoms with van der Waals surface area (Å²) in [5, 5.41) is 5.06. The van der Waals surface area contributed by atoms with Crippen LogP contribution < -0.4 is 5.32 Å². The van der Waals surface area contributed by atoms with Crippen molar-refractivity contribution in [3.05, 3.63) is 22.4 Å². The molecule has 1 N–H and O–H groups in total. The molecular weight excluding hydrogens is 320 g/mol. The zero-order valence-electron chi connectivity index (χ0n) is 14.6. The van der Waals surface area contributed by atoms with E-state index in [9.17, 15) is 9.59 Å². The molecule has 1 saturated carbocycles. The number of likely N-dealkylation sites (tertiary alicyclic amines) is 1. The maximum absolute atomic E-state index is 12.8. The van der Waals surface area contributed by atoms with Gasteiger partial charge in [-0.2, -0.15) is 0 Å². The Hall–Kier alpha value is -1.36. The molecule has 4 nitrogen and oxygen atoms in total. The van der Waals surface area contributed by atoms with Gasteiger partial charge >= 0.3 is 0 Å². The molecule has 0 radical (unpaired) electrons. The van der Waals surface area contributed by atoms with Gasteiger partial charge in [0, 0.05) is 25.0 Å². The van der Waals surface area contributed by atoms with Gasteiger partial charge in [-0.1, -0.05) is 38.7 Å². The van der Waals surface area contributed by atoms with Crippen molar-refractivity contribution in [1.29, 1.82) is 0 Å². The molecule has 1 spiro atoms. The molecule has 0 bridgehead atoms. The summed E-state index contributed by atoms with van der Waals surface area (Å²) in [4.78, 5) is 28.3. The van der Waals surface area contributed by atoms with Crippen molar-refractivity contribution in [2.45, 2.75) is 51.9 Å². The highest BCUT2D eigenvalue weighted by Crippen LogP contribution is 2.48. The predicted octanol–water partition coefficient (Wildman–Crippen LogP) is 3.69. The maximum atomic E-state index is 12.8. The summed E-state index contributed by atoms with van der Waals surface area (Å²) in [6.07, 6.45) is 7.87. The van der Waals surface area contributed by atoms with Crippen LogP contribution in [0.5, 0.6) is 0 Å². The summed E-state index contributed by atoms with van der Waals surface area (Å²) in [6, 6.07) is 3.80. The summed E-state index contributed by atoms with van der Waals surface area (Å²) in [6.45, 7) is 4.21. The Morgan fingerprint density at radius 3 is 2.79 bits per heavy atom. The quantitative estimate of drug-likeness (QED) is 0.825. The lowest BCUT2D eigenvalue weighted by Gasteiger charge is -2.37. The zero-order valence-corrected chi connectivity index (χ0v) is 15.4. The van der Waals surface area contributed by atoms with Gasteiger partial charge in [-0.3, -0.25) is 9.59 Å². The fraction of sp³-hybridized carbons (Fsp3) is 0.684. The second kappa shape index (κ2) is 7.68. The molecule has 0 aromatic carbocycles. The summed E-state index contributed by atoms with van der Waals surface area (Å²) >= 11 is 1.49. The average molecular weight is 349 g/mol. The third-order valence-electron chi connectivity index (χ3n) is 5.66. The monoisotopic (exact) mass is 348 g/mol.